The van der Waals surface area contributed by atoms with E-state index in [1.165, 1.54) is 5.56 Å². The van der Waals surface area contributed by atoms with Crippen LogP contribution in [0.3, 0.4) is 0 Å². The number of aromatic nitrogens is 2. The fraction of sp³-hybridized carbons (Fsp3) is 0.333. The van der Waals surface area contributed by atoms with E-state index in [4.69, 9.17) is 0 Å². The molecule has 0 saturated carbocycles. The molecule has 0 aliphatic carbocycles. The molecule has 0 spiro atoms. The van der Waals surface area contributed by atoms with Gasteiger partial charge in [0.25, 0.3) is 0 Å². The van der Waals surface area contributed by atoms with Crippen LogP contribution in [0.15, 0.2) is 23.2 Å². The molecule has 5 nitrogen and oxygen atoms in total. The summed E-state index contributed by atoms with van der Waals surface area (Å²) in [4.78, 5) is 11.9. The van der Waals surface area contributed by atoms with Gasteiger partial charge in [0.15, 0.2) is 5.96 Å². The summed E-state index contributed by atoms with van der Waals surface area (Å²) in [5, 5.41) is 6.13. The number of rotatable bonds is 2. The number of nitrogens with zero attached hydrogens (tertiary/aromatic N) is 2. The number of aromatic amines is 1. The van der Waals surface area contributed by atoms with Crippen molar-refractivity contribution in [3.63, 3.8) is 0 Å². The molecule has 2 aromatic rings. The monoisotopic (exact) mass is 231 g/mol. The standard InChI is InChI=1S/C12H17N5/c1-8-5-4-6-9-11(8)17-10(16-9)7-15-12(13-2)14-3/h4-6H,7H2,1-3H3,(H,16,17)(H2,13,14,15). The Kier molecular flexibility index (Phi) is 3.27. The molecule has 3 N–H and O–H groups in total. The number of H-pyrrole nitrogens is 1. The first kappa shape index (κ1) is 11.4. The van der Waals surface area contributed by atoms with Crippen LogP contribution in [0.1, 0.15) is 11.4 Å². The molecule has 1 heterocycles. The number of aryl methyl sites for hydroxylation is 1. The third-order valence-corrected chi connectivity index (χ3v) is 2.65. The molecular weight excluding hydrogens is 214 g/mol. The van der Waals surface area contributed by atoms with E-state index < -0.39 is 0 Å². The lowest BCUT2D eigenvalue weighted by atomic mass is 10.2. The summed E-state index contributed by atoms with van der Waals surface area (Å²) in [6.45, 7) is 2.69. The average molecular weight is 231 g/mol. The van der Waals surface area contributed by atoms with Crippen molar-refractivity contribution in [1.82, 2.24) is 20.6 Å². The third kappa shape index (κ3) is 2.38. The van der Waals surface area contributed by atoms with Crippen LogP contribution in [-0.2, 0) is 6.54 Å². The maximum Gasteiger partial charge on any atom is 0.191 e. The lowest BCUT2D eigenvalue weighted by Gasteiger charge is -2.05. The molecular formula is C12H17N5. The van der Waals surface area contributed by atoms with Crippen molar-refractivity contribution < 1.29 is 0 Å². The highest BCUT2D eigenvalue weighted by Gasteiger charge is 2.04. The number of hydrogen-bond donors (Lipinski definition) is 3. The summed E-state index contributed by atoms with van der Waals surface area (Å²) in [6.07, 6.45) is 0. The molecule has 0 radical (unpaired) electrons. The second-order valence-corrected chi connectivity index (χ2v) is 3.83. The van der Waals surface area contributed by atoms with Gasteiger partial charge in [-0.1, -0.05) is 12.1 Å². The fourth-order valence-electron chi connectivity index (χ4n) is 1.76. The first-order valence-electron chi connectivity index (χ1n) is 5.57. The van der Waals surface area contributed by atoms with Gasteiger partial charge in [-0.05, 0) is 18.6 Å². The normalized spacial score (nSPS) is 11.8. The Morgan fingerprint density at radius 1 is 1.47 bits per heavy atom. The van der Waals surface area contributed by atoms with Gasteiger partial charge in [0.1, 0.15) is 5.82 Å². The minimum Gasteiger partial charge on any atom is -0.359 e. The van der Waals surface area contributed by atoms with Crippen molar-refractivity contribution in [1.29, 1.82) is 0 Å². The average Bonchev–Trinajstić information content (AvgIpc) is 2.75. The summed E-state index contributed by atoms with van der Waals surface area (Å²) >= 11 is 0. The molecule has 2 rings (SSSR count). The molecule has 17 heavy (non-hydrogen) atoms. The maximum atomic E-state index is 4.55. The zero-order valence-corrected chi connectivity index (χ0v) is 10.3. The van der Waals surface area contributed by atoms with Crippen molar-refractivity contribution in [2.24, 2.45) is 4.99 Å². The van der Waals surface area contributed by atoms with Crippen LogP contribution >= 0.6 is 0 Å². The summed E-state index contributed by atoms with van der Waals surface area (Å²) in [5.74, 6) is 1.66. The van der Waals surface area contributed by atoms with Gasteiger partial charge >= 0.3 is 0 Å². The molecule has 0 bridgehead atoms. The van der Waals surface area contributed by atoms with Gasteiger partial charge in [-0.15, -0.1) is 0 Å². The molecule has 1 aromatic carbocycles. The van der Waals surface area contributed by atoms with Crippen molar-refractivity contribution in [2.45, 2.75) is 13.5 Å². The number of hydrogen-bond acceptors (Lipinski definition) is 2. The second-order valence-electron chi connectivity index (χ2n) is 3.83. The maximum absolute atomic E-state index is 4.55. The van der Waals surface area contributed by atoms with Crippen LogP contribution in [0, 0.1) is 6.92 Å². The van der Waals surface area contributed by atoms with E-state index in [9.17, 15) is 0 Å². The molecule has 0 atom stereocenters. The van der Waals surface area contributed by atoms with Crippen LogP contribution in [0.5, 0.6) is 0 Å². The summed E-state index contributed by atoms with van der Waals surface area (Å²) in [5.41, 5.74) is 3.29. The van der Waals surface area contributed by atoms with E-state index in [-0.39, 0.29) is 0 Å². The lowest BCUT2D eigenvalue weighted by Crippen LogP contribution is -2.34. The fourth-order valence-corrected chi connectivity index (χ4v) is 1.76. The van der Waals surface area contributed by atoms with E-state index in [0.717, 1.165) is 22.8 Å². The van der Waals surface area contributed by atoms with E-state index >= 15 is 0 Å². The molecule has 0 aliphatic heterocycles. The minimum atomic E-state index is 0.627. The van der Waals surface area contributed by atoms with Crippen molar-refractivity contribution >= 4 is 17.0 Å². The predicted molar refractivity (Wildman–Crippen MR) is 70.1 cm³/mol. The number of aliphatic imine (C=N–C) groups is 1. The van der Waals surface area contributed by atoms with Gasteiger partial charge in [-0.2, -0.15) is 0 Å². The van der Waals surface area contributed by atoms with Crippen molar-refractivity contribution in [2.75, 3.05) is 14.1 Å². The molecule has 0 amide bonds. The zero-order chi connectivity index (χ0) is 12.3. The van der Waals surface area contributed by atoms with Crippen LogP contribution in [0.2, 0.25) is 0 Å². The minimum absolute atomic E-state index is 0.627. The first-order chi connectivity index (χ1) is 8.24. The smallest absolute Gasteiger partial charge is 0.191 e. The Hall–Kier alpha value is -2.04. The Morgan fingerprint density at radius 3 is 2.94 bits per heavy atom. The van der Waals surface area contributed by atoms with Crippen LogP contribution < -0.4 is 10.6 Å². The lowest BCUT2D eigenvalue weighted by molar-refractivity contribution is 0.820. The SMILES string of the molecule is CN=C(NC)NCc1nc2c(C)cccc2[nH]1. The van der Waals surface area contributed by atoms with Crippen molar-refractivity contribution in [3.05, 3.63) is 29.6 Å². The molecule has 0 aliphatic rings. The van der Waals surface area contributed by atoms with E-state index in [1.54, 1.807) is 7.05 Å². The topological polar surface area (TPSA) is 65.1 Å². The van der Waals surface area contributed by atoms with E-state index in [1.807, 2.05) is 19.2 Å². The third-order valence-electron chi connectivity index (χ3n) is 2.65. The van der Waals surface area contributed by atoms with Gasteiger partial charge in [-0.25, -0.2) is 4.98 Å². The predicted octanol–water partition coefficient (Wildman–Crippen LogP) is 1.17. The van der Waals surface area contributed by atoms with Gasteiger partial charge in [-0.3, -0.25) is 4.99 Å². The number of fused-ring (bicyclic) bond motifs is 1. The van der Waals surface area contributed by atoms with E-state index in [2.05, 4.69) is 38.6 Å². The molecule has 5 heteroatoms. The number of para-hydroxylation sites is 1. The number of benzene rings is 1. The van der Waals surface area contributed by atoms with Crippen LogP contribution in [0.4, 0.5) is 0 Å². The zero-order valence-electron chi connectivity index (χ0n) is 10.3. The molecule has 0 unspecified atom stereocenters. The van der Waals surface area contributed by atoms with Crippen LogP contribution in [-0.4, -0.2) is 30.0 Å². The Morgan fingerprint density at radius 2 is 2.29 bits per heavy atom. The van der Waals surface area contributed by atoms with E-state index in [0.29, 0.717) is 6.54 Å². The van der Waals surface area contributed by atoms with Crippen LogP contribution in [0.25, 0.3) is 11.0 Å². The van der Waals surface area contributed by atoms with Gasteiger partial charge in [0.05, 0.1) is 17.6 Å². The van der Waals surface area contributed by atoms with Gasteiger partial charge in [0, 0.05) is 14.1 Å². The molecule has 90 valence electrons. The van der Waals surface area contributed by atoms with Gasteiger partial charge < -0.3 is 15.6 Å². The quantitative estimate of drug-likeness (QED) is 0.537. The summed E-state index contributed by atoms with van der Waals surface area (Å²) in [7, 11) is 3.57. The Balaban J connectivity index is 2.17. The number of guanidine groups is 1. The number of nitrogens with one attached hydrogen (secondary N) is 3. The first-order valence-corrected chi connectivity index (χ1v) is 5.57. The highest BCUT2D eigenvalue weighted by Crippen LogP contribution is 2.15. The molecule has 0 saturated heterocycles. The molecule has 1 aromatic heterocycles. The Bertz CT molecular complexity index is 541. The highest BCUT2D eigenvalue weighted by molar-refractivity contribution is 5.80. The molecule has 0 fully saturated rings. The highest BCUT2D eigenvalue weighted by atomic mass is 15.2. The summed E-state index contributed by atoms with van der Waals surface area (Å²) in [6, 6.07) is 6.12. The largest absolute Gasteiger partial charge is 0.359 e. The van der Waals surface area contributed by atoms with Gasteiger partial charge in [0.2, 0.25) is 0 Å². The Labute approximate surface area is 100 Å². The van der Waals surface area contributed by atoms with Crippen molar-refractivity contribution in [3.8, 4) is 0 Å². The summed E-state index contributed by atoms with van der Waals surface area (Å²) < 4.78 is 0. The second kappa shape index (κ2) is 4.86. The number of imidazole rings is 1.